The normalized spacial score (nSPS) is 28.9. The van der Waals surface area contributed by atoms with E-state index in [0.29, 0.717) is 6.42 Å². The van der Waals surface area contributed by atoms with E-state index in [0.717, 1.165) is 4.90 Å². The van der Waals surface area contributed by atoms with E-state index in [4.69, 9.17) is 4.74 Å². The van der Waals surface area contributed by atoms with Crippen LogP contribution in [-0.2, 0) is 9.53 Å². The fourth-order valence-corrected chi connectivity index (χ4v) is 1.90. The molecule has 0 aromatic rings. The molecular weight excluding hydrogens is 238 g/mol. The molecular formula is C12H21NO5. The number of amides is 1. The minimum absolute atomic E-state index is 0.0162. The number of carboxylic acids is 1. The standard InChI is InChI=1S/C12H21NO5/c1-11(2,3)18-10(17)13-7-8(14)5-6-12(13,4)9(15)16/h8,14H,5-7H2,1-4H3,(H,15,16). The van der Waals surface area contributed by atoms with Gasteiger partial charge in [-0.25, -0.2) is 9.59 Å². The summed E-state index contributed by atoms with van der Waals surface area (Å²) in [6.45, 7) is 6.60. The van der Waals surface area contributed by atoms with E-state index in [1.165, 1.54) is 6.92 Å². The van der Waals surface area contributed by atoms with E-state index >= 15 is 0 Å². The third-order valence-electron chi connectivity index (χ3n) is 3.03. The van der Waals surface area contributed by atoms with E-state index in [1.54, 1.807) is 20.8 Å². The molecule has 1 fully saturated rings. The smallest absolute Gasteiger partial charge is 0.411 e. The van der Waals surface area contributed by atoms with Gasteiger partial charge in [0.15, 0.2) is 0 Å². The van der Waals surface area contributed by atoms with Crippen LogP contribution in [-0.4, -0.2) is 51.0 Å². The van der Waals surface area contributed by atoms with Crippen LogP contribution in [0.25, 0.3) is 0 Å². The number of rotatable bonds is 1. The zero-order valence-electron chi connectivity index (χ0n) is 11.3. The summed E-state index contributed by atoms with van der Waals surface area (Å²) in [6, 6.07) is 0. The molecule has 2 N–H and O–H groups in total. The van der Waals surface area contributed by atoms with Crippen LogP contribution in [0.2, 0.25) is 0 Å². The molecule has 2 unspecified atom stereocenters. The number of ether oxygens (including phenoxy) is 1. The monoisotopic (exact) mass is 259 g/mol. The Labute approximate surface area is 107 Å². The average molecular weight is 259 g/mol. The van der Waals surface area contributed by atoms with Crippen LogP contribution >= 0.6 is 0 Å². The van der Waals surface area contributed by atoms with Crippen LogP contribution in [0.15, 0.2) is 0 Å². The fourth-order valence-electron chi connectivity index (χ4n) is 1.90. The molecule has 1 aliphatic rings. The lowest BCUT2D eigenvalue weighted by Gasteiger charge is -2.43. The van der Waals surface area contributed by atoms with Gasteiger partial charge in [-0.2, -0.15) is 0 Å². The van der Waals surface area contributed by atoms with Gasteiger partial charge in [0, 0.05) is 0 Å². The van der Waals surface area contributed by atoms with Crippen LogP contribution in [0, 0.1) is 0 Å². The summed E-state index contributed by atoms with van der Waals surface area (Å²) in [4.78, 5) is 24.4. The predicted octanol–water partition coefficient (Wildman–Crippen LogP) is 1.22. The van der Waals surface area contributed by atoms with Crippen LogP contribution in [0.4, 0.5) is 4.79 Å². The first kappa shape index (κ1) is 14.8. The van der Waals surface area contributed by atoms with Crippen molar-refractivity contribution in [1.29, 1.82) is 0 Å². The Kier molecular flexibility index (Phi) is 3.90. The van der Waals surface area contributed by atoms with Crippen molar-refractivity contribution in [2.45, 2.75) is 57.8 Å². The molecule has 1 aliphatic heterocycles. The summed E-state index contributed by atoms with van der Waals surface area (Å²) in [6.07, 6.45) is -0.832. The molecule has 0 bridgehead atoms. The number of β-amino-alcohol motifs (C(OH)–C–C–N with tert-alkyl or cyclic N) is 1. The highest BCUT2D eigenvalue weighted by atomic mass is 16.6. The number of likely N-dealkylation sites (tertiary alicyclic amines) is 1. The highest BCUT2D eigenvalue weighted by Gasteiger charge is 2.47. The molecule has 6 nitrogen and oxygen atoms in total. The molecule has 0 saturated carbocycles. The van der Waals surface area contributed by atoms with Gasteiger partial charge in [-0.1, -0.05) is 0 Å². The van der Waals surface area contributed by atoms with Crippen LogP contribution in [0.5, 0.6) is 0 Å². The van der Waals surface area contributed by atoms with Crippen molar-refractivity contribution >= 4 is 12.1 Å². The topological polar surface area (TPSA) is 87.1 Å². The average Bonchev–Trinajstić information content (AvgIpc) is 2.18. The summed E-state index contributed by atoms with van der Waals surface area (Å²) < 4.78 is 5.18. The maximum Gasteiger partial charge on any atom is 0.411 e. The molecule has 1 saturated heterocycles. The quantitative estimate of drug-likeness (QED) is 0.739. The maximum atomic E-state index is 12.0. The van der Waals surface area contributed by atoms with Gasteiger partial charge in [0.25, 0.3) is 0 Å². The second kappa shape index (κ2) is 4.76. The van der Waals surface area contributed by atoms with Crippen LogP contribution in [0.1, 0.15) is 40.5 Å². The van der Waals surface area contributed by atoms with Crippen LogP contribution in [0.3, 0.4) is 0 Å². The molecule has 1 heterocycles. The van der Waals surface area contributed by atoms with Gasteiger partial charge in [0.05, 0.1) is 12.6 Å². The molecule has 1 rings (SSSR count). The number of hydrogen-bond donors (Lipinski definition) is 2. The van der Waals surface area contributed by atoms with Gasteiger partial charge in [0.2, 0.25) is 0 Å². The summed E-state index contributed by atoms with van der Waals surface area (Å²) in [5.41, 5.74) is -2.01. The Morgan fingerprint density at radius 1 is 1.39 bits per heavy atom. The number of carbonyl (C=O) groups excluding carboxylic acids is 1. The van der Waals surface area contributed by atoms with Gasteiger partial charge in [-0.15, -0.1) is 0 Å². The van der Waals surface area contributed by atoms with Crippen molar-refractivity contribution in [1.82, 2.24) is 4.90 Å². The molecule has 0 aromatic heterocycles. The minimum Gasteiger partial charge on any atom is -0.480 e. The van der Waals surface area contributed by atoms with Gasteiger partial charge in [-0.3, -0.25) is 4.90 Å². The second-order valence-electron chi connectivity index (χ2n) is 5.86. The van der Waals surface area contributed by atoms with Gasteiger partial charge >= 0.3 is 12.1 Å². The van der Waals surface area contributed by atoms with Crippen molar-refractivity contribution in [2.75, 3.05) is 6.54 Å². The summed E-state index contributed by atoms with van der Waals surface area (Å²) >= 11 is 0. The largest absolute Gasteiger partial charge is 0.480 e. The lowest BCUT2D eigenvalue weighted by Crippen LogP contribution is -2.61. The van der Waals surface area contributed by atoms with Crippen molar-refractivity contribution < 1.29 is 24.5 Å². The van der Waals surface area contributed by atoms with E-state index in [-0.39, 0.29) is 13.0 Å². The molecule has 6 heteroatoms. The zero-order valence-corrected chi connectivity index (χ0v) is 11.3. The number of aliphatic hydroxyl groups is 1. The number of carboxylic acid groups (broad SMARTS) is 1. The number of aliphatic carboxylic acids is 1. The summed E-state index contributed by atoms with van der Waals surface area (Å²) in [7, 11) is 0. The Bertz CT molecular complexity index is 349. The van der Waals surface area contributed by atoms with Gasteiger partial charge in [-0.05, 0) is 40.5 Å². The van der Waals surface area contributed by atoms with Crippen molar-refractivity contribution in [2.24, 2.45) is 0 Å². The molecule has 0 spiro atoms. The minimum atomic E-state index is -1.32. The zero-order chi connectivity index (χ0) is 14.1. The fraction of sp³-hybridized carbons (Fsp3) is 0.833. The maximum absolute atomic E-state index is 12.0. The first-order chi connectivity index (χ1) is 8.06. The number of piperidine rings is 1. The highest BCUT2D eigenvalue weighted by molar-refractivity contribution is 5.84. The van der Waals surface area contributed by atoms with Crippen LogP contribution < -0.4 is 0 Å². The Hall–Kier alpha value is -1.30. The lowest BCUT2D eigenvalue weighted by atomic mass is 9.88. The number of carbonyl (C=O) groups is 2. The van der Waals surface area contributed by atoms with Gasteiger partial charge < -0.3 is 14.9 Å². The Balaban J connectivity index is 2.93. The van der Waals surface area contributed by atoms with Gasteiger partial charge in [0.1, 0.15) is 11.1 Å². The Morgan fingerprint density at radius 3 is 2.39 bits per heavy atom. The van der Waals surface area contributed by atoms with E-state index < -0.39 is 29.3 Å². The molecule has 18 heavy (non-hydrogen) atoms. The third kappa shape index (κ3) is 3.13. The number of nitrogens with zero attached hydrogens (tertiary/aromatic N) is 1. The van der Waals surface area contributed by atoms with E-state index in [2.05, 4.69) is 0 Å². The molecule has 1 amide bonds. The first-order valence-corrected chi connectivity index (χ1v) is 5.98. The van der Waals surface area contributed by atoms with E-state index in [1.807, 2.05) is 0 Å². The number of hydrogen-bond acceptors (Lipinski definition) is 4. The summed E-state index contributed by atoms with van der Waals surface area (Å²) in [5.74, 6) is -1.08. The highest BCUT2D eigenvalue weighted by Crippen LogP contribution is 2.30. The predicted molar refractivity (Wildman–Crippen MR) is 64.2 cm³/mol. The molecule has 0 aromatic carbocycles. The molecule has 0 aliphatic carbocycles. The van der Waals surface area contributed by atoms with Crippen molar-refractivity contribution in [3.63, 3.8) is 0 Å². The molecule has 2 atom stereocenters. The second-order valence-corrected chi connectivity index (χ2v) is 5.86. The first-order valence-electron chi connectivity index (χ1n) is 5.98. The van der Waals surface area contributed by atoms with Crippen molar-refractivity contribution in [3.8, 4) is 0 Å². The van der Waals surface area contributed by atoms with Crippen molar-refractivity contribution in [3.05, 3.63) is 0 Å². The Morgan fingerprint density at radius 2 is 1.94 bits per heavy atom. The lowest BCUT2D eigenvalue weighted by molar-refractivity contribution is -0.154. The third-order valence-corrected chi connectivity index (χ3v) is 3.03. The SMILES string of the molecule is CC(C)(C)OC(=O)N1CC(O)CCC1(C)C(=O)O. The molecule has 104 valence electrons. The summed E-state index contributed by atoms with van der Waals surface area (Å²) in [5, 5.41) is 18.9. The number of aliphatic hydroxyl groups excluding tert-OH is 1. The van der Waals surface area contributed by atoms with E-state index in [9.17, 15) is 19.8 Å². The molecule has 0 radical (unpaired) electrons.